The zero-order valence-electron chi connectivity index (χ0n) is 10.5. The predicted molar refractivity (Wildman–Crippen MR) is 74.3 cm³/mol. The highest BCUT2D eigenvalue weighted by Crippen LogP contribution is 2.33. The summed E-state index contributed by atoms with van der Waals surface area (Å²) in [7, 11) is 0. The van der Waals surface area contributed by atoms with E-state index in [1.807, 2.05) is 0 Å². The van der Waals surface area contributed by atoms with Crippen LogP contribution < -0.4 is 5.32 Å². The Kier molecular flexibility index (Phi) is 3.71. The Morgan fingerprint density at radius 1 is 1.37 bits per heavy atom. The van der Waals surface area contributed by atoms with E-state index in [0.29, 0.717) is 16.4 Å². The fourth-order valence-electron chi connectivity index (χ4n) is 1.44. The topological polar surface area (TPSA) is 82.5 Å². The molecular formula is C13H14N2O3S. The number of aromatic nitrogens is 1. The fourth-order valence-corrected chi connectivity index (χ4v) is 2.15. The number of anilines is 1. The van der Waals surface area contributed by atoms with Crippen molar-refractivity contribution in [2.45, 2.75) is 13.8 Å². The van der Waals surface area contributed by atoms with Crippen molar-refractivity contribution in [3.63, 3.8) is 0 Å². The Morgan fingerprint density at radius 3 is 2.74 bits per heavy atom. The molecule has 1 heterocycles. The molecule has 1 aromatic carbocycles. The Bertz CT molecular complexity index is 608. The van der Waals surface area contributed by atoms with Gasteiger partial charge in [0, 0.05) is 22.9 Å². The molecule has 3 N–H and O–H groups in total. The van der Waals surface area contributed by atoms with Gasteiger partial charge in [-0.25, -0.2) is 4.98 Å². The van der Waals surface area contributed by atoms with Gasteiger partial charge in [0.25, 0.3) is 0 Å². The van der Waals surface area contributed by atoms with Gasteiger partial charge in [-0.1, -0.05) is 13.8 Å². The Morgan fingerprint density at radius 2 is 2.11 bits per heavy atom. The van der Waals surface area contributed by atoms with Gasteiger partial charge in [0.05, 0.1) is 5.69 Å². The molecule has 0 saturated carbocycles. The van der Waals surface area contributed by atoms with Gasteiger partial charge in [-0.05, 0) is 12.1 Å². The van der Waals surface area contributed by atoms with Crippen molar-refractivity contribution < 1.29 is 15.0 Å². The van der Waals surface area contributed by atoms with Crippen LogP contribution in [-0.4, -0.2) is 21.1 Å². The van der Waals surface area contributed by atoms with Gasteiger partial charge in [-0.15, -0.1) is 11.3 Å². The molecule has 0 radical (unpaired) electrons. The zero-order chi connectivity index (χ0) is 14.0. The first-order valence-corrected chi connectivity index (χ1v) is 6.64. The first kappa shape index (κ1) is 13.4. The van der Waals surface area contributed by atoms with Crippen molar-refractivity contribution >= 4 is 22.4 Å². The van der Waals surface area contributed by atoms with E-state index < -0.39 is 0 Å². The summed E-state index contributed by atoms with van der Waals surface area (Å²) >= 11 is 1.29. The van der Waals surface area contributed by atoms with Gasteiger partial charge in [0.1, 0.15) is 11.5 Å². The third-order valence-electron chi connectivity index (χ3n) is 2.52. The minimum atomic E-state index is -0.116. The van der Waals surface area contributed by atoms with Crippen LogP contribution in [0, 0.1) is 5.92 Å². The van der Waals surface area contributed by atoms with Crippen LogP contribution in [0.4, 0.5) is 5.13 Å². The number of carbonyl (C=O) groups excluding carboxylic acids is 1. The molecule has 0 aliphatic carbocycles. The molecule has 0 spiro atoms. The third kappa shape index (κ3) is 3.03. The molecule has 6 heteroatoms. The van der Waals surface area contributed by atoms with E-state index in [4.69, 9.17) is 0 Å². The molecule has 0 bridgehead atoms. The predicted octanol–water partition coefficient (Wildman–Crippen LogP) is 2.82. The maximum atomic E-state index is 11.5. The maximum absolute atomic E-state index is 11.5. The second-order valence-electron chi connectivity index (χ2n) is 4.38. The largest absolute Gasteiger partial charge is 0.508 e. The van der Waals surface area contributed by atoms with Crippen LogP contribution in [-0.2, 0) is 4.79 Å². The molecule has 0 aliphatic heterocycles. The van der Waals surface area contributed by atoms with E-state index in [9.17, 15) is 15.0 Å². The second kappa shape index (κ2) is 5.27. The Labute approximate surface area is 114 Å². The average molecular weight is 278 g/mol. The van der Waals surface area contributed by atoms with Gasteiger partial charge in [0.15, 0.2) is 5.13 Å². The van der Waals surface area contributed by atoms with E-state index in [1.54, 1.807) is 25.3 Å². The third-order valence-corrected chi connectivity index (χ3v) is 3.27. The maximum Gasteiger partial charge on any atom is 0.228 e. The molecule has 19 heavy (non-hydrogen) atoms. The van der Waals surface area contributed by atoms with E-state index >= 15 is 0 Å². The van der Waals surface area contributed by atoms with E-state index in [0.717, 1.165) is 0 Å². The lowest BCUT2D eigenvalue weighted by atomic mass is 10.1. The molecule has 0 aliphatic rings. The molecule has 2 rings (SSSR count). The van der Waals surface area contributed by atoms with Crippen molar-refractivity contribution in [2.75, 3.05) is 5.32 Å². The lowest BCUT2D eigenvalue weighted by molar-refractivity contribution is -0.118. The lowest BCUT2D eigenvalue weighted by Crippen LogP contribution is -2.17. The summed E-state index contributed by atoms with van der Waals surface area (Å²) in [6.07, 6.45) is 0. The molecular weight excluding hydrogens is 264 g/mol. The van der Waals surface area contributed by atoms with Gasteiger partial charge in [-0.2, -0.15) is 0 Å². The minimum absolute atomic E-state index is 0.00943. The number of hydrogen-bond acceptors (Lipinski definition) is 5. The minimum Gasteiger partial charge on any atom is -0.508 e. The molecule has 5 nitrogen and oxygen atoms in total. The van der Waals surface area contributed by atoms with Crippen LogP contribution in [0.1, 0.15) is 13.8 Å². The second-order valence-corrected chi connectivity index (χ2v) is 5.24. The molecule has 2 aromatic rings. The van der Waals surface area contributed by atoms with Crippen molar-refractivity contribution in [3.05, 3.63) is 23.6 Å². The molecule has 0 unspecified atom stereocenters. The molecule has 100 valence electrons. The number of aromatic hydroxyl groups is 2. The van der Waals surface area contributed by atoms with Crippen LogP contribution in [0.15, 0.2) is 23.6 Å². The first-order valence-electron chi connectivity index (χ1n) is 5.76. The van der Waals surface area contributed by atoms with Crippen LogP contribution in [0.25, 0.3) is 11.3 Å². The highest BCUT2D eigenvalue weighted by atomic mass is 32.1. The highest BCUT2D eigenvalue weighted by molar-refractivity contribution is 7.14. The van der Waals surface area contributed by atoms with Crippen LogP contribution in [0.5, 0.6) is 11.5 Å². The summed E-state index contributed by atoms with van der Waals surface area (Å²) in [6, 6.07) is 4.30. The van der Waals surface area contributed by atoms with Crippen LogP contribution in [0.2, 0.25) is 0 Å². The molecule has 0 atom stereocenters. The molecule has 1 aromatic heterocycles. The molecule has 0 fully saturated rings. The zero-order valence-corrected chi connectivity index (χ0v) is 11.4. The summed E-state index contributed by atoms with van der Waals surface area (Å²) in [5, 5.41) is 23.9. The number of benzene rings is 1. The van der Waals surface area contributed by atoms with E-state index in [-0.39, 0.29) is 23.3 Å². The number of nitrogens with zero attached hydrogens (tertiary/aromatic N) is 1. The number of rotatable bonds is 3. The SMILES string of the molecule is CC(C)C(=O)Nc1nc(-c2ccc(O)cc2O)cs1. The Hall–Kier alpha value is -2.08. The van der Waals surface area contributed by atoms with Crippen molar-refractivity contribution in [1.82, 2.24) is 4.98 Å². The van der Waals surface area contributed by atoms with Gasteiger partial charge < -0.3 is 15.5 Å². The Balaban J connectivity index is 2.23. The van der Waals surface area contributed by atoms with Crippen LogP contribution >= 0.6 is 11.3 Å². The fraction of sp³-hybridized carbons (Fsp3) is 0.231. The number of hydrogen-bond donors (Lipinski definition) is 3. The molecule has 0 saturated heterocycles. The van der Waals surface area contributed by atoms with E-state index in [1.165, 1.54) is 23.5 Å². The summed E-state index contributed by atoms with van der Waals surface area (Å²) in [6.45, 7) is 3.60. The smallest absolute Gasteiger partial charge is 0.228 e. The number of amides is 1. The summed E-state index contributed by atoms with van der Waals surface area (Å²) in [5.41, 5.74) is 1.07. The highest BCUT2D eigenvalue weighted by Gasteiger charge is 2.12. The summed E-state index contributed by atoms with van der Waals surface area (Å²) in [4.78, 5) is 15.8. The van der Waals surface area contributed by atoms with Crippen molar-refractivity contribution in [2.24, 2.45) is 5.92 Å². The normalized spacial score (nSPS) is 10.7. The van der Waals surface area contributed by atoms with Gasteiger partial charge in [-0.3, -0.25) is 4.79 Å². The van der Waals surface area contributed by atoms with Crippen molar-refractivity contribution in [3.8, 4) is 22.8 Å². The first-order chi connectivity index (χ1) is 8.97. The number of nitrogens with one attached hydrogen (secondary N) is 1. The molecule has 1 amide bonds. The van der Waals surface area contributed by atoms with Gasteiger partial charge in [0.2, 0.25) is 5.91 Å². The summed E-state index contributed by atoms with van der Waals surface area (Å²) < 4.78 is 0. The number of thiazole rings is 1. The lowest BCUT2D eigenvalue weighted by Gasteiger charge is -2.04. The standard InChI is InChI=1S/C13H14N2O3S/c1-7(2)12(18)15-13-14-10(6-19-13)9-4-3-8(16)5-11(9)17/h3-7,16-17H,1-2H3,(H,14,15,18). The number of carbonyl (C=O) groups is 1. The number of phenolic OH excluding ortho intramolecular Hbond substituents is 2. The van der Waals surface area contributed by atoms with Crippen molar-refractivity contribution in [1.29, 1.82) is 0 Å². The van der Waals surface area contributed by atoms with Gasteiger partial charge >= 0.3 is 0 Å². The summed E-state index contributed by atoms with van der Waals surface area (Å²) in [5.74, 6) is -0.276. The monoisotopic (exact) mass is 278 g/mol. The average Bonchev–Trinajstić information content (AvgIpc) is 2.77. The van der Waals surface area contributed by atoms with Crippen LogP contribution in [0.3, 0.4) is 0 Å². The van der Waals surface area contributed by atoms with E-state index in [2.05, 4.69) is 10.3 Å². The quantitative estimate of drug-likeness (QED) is 0.806. The number of phenols is 2.